The highest BCUT2D eigenvalue weighted by atomic mass is 35.5. The van der Waals surface area contributed by atoms with Crippen LogP contribution in [0.4, 0.5) is 11.5 Å². The third-order valence-corrected chi connectivity index (χ3v) is 4.31. The zero-order valence-electron chi connectivity index (χ0n) is 15.6. The van der Waals surface area contributed by atoms with Crippen LogP contribution in [0, 0.1) is 20.8 Å². The van der Waals surface area contributed by atoms with Crippen LogP contribution in [0.1, 0.15) is 34.2 Å². The van der Waals surface area contributed by atoms with Crippen molar-refractivity contribution >= 4 is 29.1 Å². The maximum atomic E-state index is 12.3. The topological polar surface area (TPSA) is 81.9 Å². The number of ether oxygens (including phenoxy) is 1. The number of benzene rings is 1. The lowest BCUT2D eigenvalue weighted by molar-refractivity contribution is 0.0526. The number of esters is 1. The molecule has 0 saturated carbocycles. The van der Waals surface area contributed by atoms with Gasteiger partial charge in [-0.3, -0.25) is 0 Å². The van der Waals surface area contributed by atoms with Gasteiger partial charge in [-0.05, 0) is 51.5 Å². The van der Waals surface area contributed by atoms with Crippen LogP contribution in [-0.2, 0) is 4.74 Å². The summed E-state index contributed by atoms with van der Waals surface area (Å²) in [5.74, 6) is 0.179. The van der Waals surface area contributed by atoms with Gasteiger partial charge in [0.1, 0.15) is 5.56 Å². The normalized spacial score (nSPS) is 10.7. The molecule has 0 radical (unpaired) electrons. The maximum Gasteiger partial charge on any atom is 0.343 e. The molecule has 0 unspecified atom stereocenters. The molecule has 0 aliphatic carbocycles. The number of rotatable bonds is 5. The van der Waals surface area contributed by atoms with Gasteiger partial charge < -0.3 is 10.1 Å². The molecule has 7 nitrogen and oxygen atoms in total. The molecular formula is C19H20ClN5O2. The summed E-state index contributed by atoms with van der Waals surface area (Å²) < 4.78 is 6.74. The smallest absolute Gasteiger partial charge is 0.343 e. The molecule has 0 aliphatic rings. The van der Waals surface area contributed by atoms with Crippen molar-refractivity contribution in [2.24, 2.45) is 0 Å². The monoisotopic (exact) mass is 385 g/mol. The van der Waals surface area contributed by atoms with Crippen LogP contribution in [0.25, 0.3) is 5.95 Å². The van der Waals surface area contributed by atoms with Crippen molar-refractivity contribution in [3.8, 4) is 5.95 Å². The number of anilines is 2. The average molecular weight is 386 g/mol. The summed E-state index contributed by atoms with van der Waals surface area (Å²) in [7, 11) is 0. The Labute approximate surface area is 162 Å². The number of halogens is 1. The van der Waals surface area contributed by atoms with Gasteiger partial charge >= 0.3 is 5.97 Å². The molecule has 3 rings (SSSR count). The Morgan fingerprint density at radius 3 is 2.67 bits per heavy atom. The zero-order valence-corrected chi connectivity index (χ0v) is 16.3. The van der Waals surface area contributed by atoms with Gasteiger partial charge in [-0.2, -0.15) is 10.1 Å². The van der Waals surface area contributed by atoms with Gasteiger partial charge in [0.05, 0.1) is 12.3 Å². The van der Waals surface area contributed by atoms with E-state index in [2.05, 4.69) is 20.4 Å². The summed E-state index contributed by atoms with van der Waals surface area (Å²) in [5.41, 5.74) is 3.64. The van der Waals surface area contributed by atoms with E-state index in [-0.39, 0.29) is 12.2 Å². The Kier molecular flexibility index (Phi) is 5.41. The number of hydrogen-bond acceptors (Lipinski definition) is 6. The number of carbonyl (C=O) groups excluding carboxylic acids is 1. The second kappa shape index (κ2) is 7.75. The average Bonchev–Trinajstić information content (AvgIpc) is 2.96. The molecule has 140 valence electrons. The van der Waals surface area contributed by atoms with Crippen LogP contribution in [0.15, 0.2) is 30.5 Å². The summed E-state index contributed by atoms with van der Waals surface area (Å²) in [6.45, 7) is 7.73. The van der Waals surface area contributed by atoms with Crippen LogP contribution in [0.2, 0.25) is 5.02 Å². The van der Waals surface area contributed by atoms with E-state index in [4.69, 9.17) is 16.3 Å². The molecule has 0 saturated heterocycles. The fourth-order valence-corrected chi connectivity index (χ4v) is 2.75. The third kappa shape index (κ3) is 4.09. The van der Waals surface area contributed by atoms with E-state index in [1.54, 1.807) is 17.7 Å². The van der Waals surface area contributed by atoms with E-state index in [1.165, 1.54) is 6.20 Å². The van der Waals surface area contributed by atoms with Crippen molar-refractivity contribution in [2.75, 3.05) is 11.9 Å². The molecule has 0 bridgehead atoms. The molecular weight excluding hydrogens is 366 g/mol. The van der Waals surface area contributed by atoms with Gasteiger partial charge in [0.25, 0.3) is 5.95 Å². The Hall–Kier alpha value is -2.93. The highest BCUT2D eigenvalue weighted by molar-refractivity contribution is 6.31. The van der Waals surface area contributed by atoms with Gasteiger partial charge in [0, 0.05) is 22.6 Å². The number of carbonyl (C=O) groups is 1. The predicted octanol–water partition coefficient (Wildman–Crippen LogP) is 4.16. The van der Waals surface area contributed by atoms with E-state index in [1.807, 2.05) is 39.0 Å². The molecule has 8 heteroatoms. The molecule has 27 heavy (non-hydrogen) atoms. The number of aryl methyl sites for hydroxylation is 3. The zero-order chi connectivity index (χ0) is 19.6. The summed E-state index contributed by atoms with van der Waals surface area (Å²) in [5, 5.41) is 8.15. The Morgan fingerprint density at radius 1 is 1.26 bits per heavy atom. The lowest BCUT2D eigenvalue weighted by atomic mass is 10.2. The first-order chi connectivity index (χ1) is 12.9. The van der Waals surface area contributed by atoms with E-state index >= 15 is 0 Å². The van der Waals surface area contributed by atoms with Crippen molar-refractivity contribution in [3.63, 3.8) is 0 Å². The van der Waals surface area contributed by atoms with Crippen LogP contribution in [-0.4, -0.2) is 32.3 Å². The van der Waals surface area contributed by atoms with Gasteiger partial charge in [-0.25, -0.2) is 14.5 Å². The van der Waals surface area contributed by atoms with Crippen LogP contribution in [0.5, 0.6) is 0 Å². The van der Waals surface area contributed by atoms with E-state index in [0.717, 1.165) is 17.0 Å². The first kappa shape index (κ1) is 18.8. The Balaban J connectivity index is 2.06. The molecule has 0 spiro atoms. The van der Waals surface area contributed by atoms with Gasteiger partial charge in [0.15, 0.2) is 5.82 Å². The van der Waals surface area contributed by atoms with Crippen molar-refractivity contribution in [1.82, 2.24) is 19.7 Å². The minimum Gasteiger partial charge on any atom is -0.462 e. The molecule has 0 aliphatic heterocycles. The quantitative estimate of drug-likeness (QED) is 0.664. The summed E-state index contributed by atoms with van der Waals surface area (Å²) in [6, 6.07) is 7.45. The van der Waals surface area contributed by atoms with Gasteiger partial charge in [-0.15, -0.1) is 0 Å². The molecule has 3 aromatic rings. The highest BCUT2D eigenvalue weighted by Gasteiger charge is 2.18. The predicted molar refractivity (Wildman–Crippen MR) is 104 cm³/mol. The minimum atomic E-state index is -0.502. The largest absolute Gasteiger partial charge is 0.462 e. The number of nitrogens with one attached hydrogen (secondary N) is 1. The first-order valence-corrected chi connectivity index (χ1v) is 8.87. The Morgan fingerprint density at radius 2 is 2.04 bits per heavy atom. The third-order valence-electron chi connectivity index (χ3n) is 3.91. The highest BCUT2D eigenvalue weighted by Crippen LogP contribution is 2.25. The number of hydrogen-bond donors (Lipinski definition) is 1. The lowest BCUT2D eigenvalue weighted by Crippen LogP contribution is -2.13. The molecule has 0 fully saturated rings. The van der Waals surface area contributed by atoms with E-state index < -0.39 is 5.97 Å². The van der Waals surface area contributed by atoms with Crippen molar-refractivity contribution < 1.29 is 9.53 Å². The van der Waals surface area contributed by atoms with Crippen LogP contribution < -0.4 is 5.32 Å². The summed E-state index contributed by atoms with van der Waals surface area (Å²) in [6.07, 6.45) is 1.44. The second-order valence-corrected chi connectivity index (χ2v) is 6.49. The minimum absolute atomic E-state index is 0.235. The molecule has 0 amide bonds. The fourth-order valence-electron chi connectivity index (χ4n) is 2.57. The van der Waals surface area contributed by atoms with Crippen molar-refractivity contribution in [1.29, 1.82) is 0 Å². The summed E-state index contributed by atoms with van der Waals surface area (Å²) in [4.78, 5) is 21.1. The summed E-state index contributed by atoms with van der Waals surface area (Å²) >= 11 is 6.20. The van der Waals surface area contributed by atoms with E-state index in [9.17, 15) is 4.79 Å². The van der Waals surface area contributed by atoms with Crippen LogP contribution >= 0.6 is 11.6 Å². The molecule has 1 aromatic carbocycles. The van der Waals surface area contributed by atoms with Crippen molar-refractivity contribution in [2.45, 2.75) is 27.7 Å². The Bertz CT molecular complexity index is 1000. The molecule has 1 N–H and O–H groups in total. The van der Waals surface area contributed by atoms with Crippen molar-refractivity contribution in [3.05, 3.63) is 58.0 Å². The molecule has 2 heterocycles. The number of nitrogens with zero attached hydrogens (tertiary/aromatic N) is 4. The van der Waals surface area contributed by atoms with Gasteiger partial charge in [-0.1, -0.05) is 17.7 Å². The lowest BCUT2D eigenvalue weighted by Gasteiger charge is -2.13. The standard InChI is InChI=1S/C19H20ClN5O2/c1-5-27-18(26)15-10-21-19(25-13(4)8-12(3)24-25)23-17(15)22-14-7-6-11(2)16(20)9-14/h6-10H,5H2,1-4H3,(H,21,22,23). The van der Waals surface area contributed by atoms with E-state index in [0.29, 0.717) is 22.5 Å². The number of aromatic nitrogens is 4. The molecule has 2 aromatic heterocycles. The first-order valence-electron chi connectivity index (χ1n) is 8.50. The van der Waals surface area contributed by atoms with Gasteiger partial charge in [0.2, 0.25) is 0 Å². The second-order valence-electron chi connectivity index (χ2n) is 6.08. The SMILES string of the molecule is CCOC(=O)c1cnc(-n2nc(C)cc2C)nc1Nc1ccc(C)c(Cl)c1. The van der Waals surface area contributed by atoms with Crippen LogP contribution in [0.3, 0.4) is 0 Å². The fraction of sp³-hybridized carbons (Fsp3) is 0.263. The maximum absolute atomic E-state index is 12.3. The molecule has 0 atom stereocenters.